The standard InChI is InChI=1S/C15H19FN2O3/c1-9(2)15(14(20)21)5-6-18(8-15)12-4-3-10(13(17)19)7-11(12)16/h3-4,7,9H,5-6,8H2,1-2H3,(H2,17,19)(H,20,21). The summed E-state index contributed by atoms with van der Waals surface area (Å²) in [5.74, 6) is -2.15. The van der Waals surface area contributed by atoms with Gasteiger partial charge in [0.15, 0.2) is 0 Å². The lowest BCUT2D eigenvalue weighted by Crippen LogP contribution is -2.39. The van der Waals surface area contributed by atoms with Gasteiger partial charge in [-0.3, -0.25) is 9.59 Å². The summed E-state index contributed by atoms with van der Waals surface area (Å²) in [6.07, 6.45) is 0.469. The quantitative estimate of drug-likeness (QED) is 0.888. The van der Waals surface area contributed by atoms with E-state index in [0.29, 0.717) is 18.7 Å². The van der Waals surface area contributed by atoms with Gasteiger partial charge in [0.25, 0.3) is 0 Å². The first-order valence-corrected chi connectivity index (χ1v) is 6.85. The highest BCUT2D eigenvalue weighted by atomic mass is 19.1. The van der Waals surface area contributed by atoms with Crippen molar-refractivity contribution in [2.75, 3.05) is 18.0 Å². The Morgan fingerprint density at radius 1 is 1.43 bits per heavy atom. The molecule has 1 fully saturated rings. The van der Waals surface area contributed by atoms with Crippen molar-refractivity contribution in [2.24, 2.45) is 17.1 Å². The normalized spacial score (nSPS) is 21.8. The number of aliphatic carboxylic acids is 1. The number of nitrogens with zero attached hydrogens (tertiary/aromatic N) is 1. The van der Waals surface area contributed by atoms with Crippen LogP contribution in [0.3, 0.4) is 0 Å². The fourth-order valence-electron chi connectivity index (χ4n) is 2.85. The van der Waals surface area contributed by atoms with Gasteiger partial charge in [-0.25, -0.2) is 4.39 Å². The third-order valence-corrected chi connectivity index (χ3v) is 4.40. The molecule has 1 atom stereocenters. The van der Waals surface area contributed by atoms with Crippen LogP contribution < -0.4 is 10.6 Å². The zero-order chi connectivity index (χ0) is 15.8. The highest BCUT2D eigenvalue weighted by Gasteiger charge is 2.47. The second-order valence-electron chi connectivity index (χ2n) is 5.82. The van der Waals surface area contributed by atoms with Crippen molar-refractivity contribution in [1.82, 2.24) is 0 Å². The lowest BCUT2D eigenvalue weighted by molar-refractivity contribution is -0.150. The molecule has 0 aliphatic carbocycles. The second kappa shape index (κ2) is 5.35. The molecule has 114 valence electrons. The number of primary amides is 1. The van der Waals surface area contributed by atoms with Crippen LogP contribution in [0.5, 0.6) is 0 Å². The number of anilines is 1. The first-order chi connectivity index (χ1) is 9.78. The predicted octanol–water partition coefficient (Wildman–Crippen LogP) is 1.86. The maximum absolute atomic E-state index is 14.1. The van der Waals surface area contributed by atoms with Gasteiger partial charge in [0.05, 0.1) is 11.1 Å². The summed E-state index contributed by atoms with van der Waals surface area (Å²) in [5.41, 5.74) is 4.66. The van der Waals surface area contributed by atoms with Crippen LogP contribution in [0, 0.1) is 17.2 Å². The largest absolute Gasteiger partial charge is 0.481 e. The van der Waals surface area contributed by atoms with E-state index < -0.39 is 23.1 Å². The third-order valence-electron chi connectivity index (χ3n) is 4.40. The summed E-state index contributed by atoms with van der Waals surface area (Å²) in [6.45, 7) is 4.46. The molecule has 1 aromatic carbocycles. The Kier molecular flexibility index (Phi) is 3.89. The van der Waals surface area contributed by atoms with Gasteiger partial charge >= 0.3 is 5.97 Å². The number of rotatable bonds is 4. The van der Waals surface area contributed by atoms with Gasteiger partial charge in [0.2, 0.25) is 5.91 Å². The molecule has 1 saturated heterocycles. The van der Waals surface area contributed by atoms with Crippen LogP contribution in [-0.4, -0.2) is 30.1 Å². The molecule has 5 nitrogen and oxygen atoms in total. The van der Waals surface area contributed by atoms with Crippen LogP contribution in [0.4, 0.5) is 10.1 Å². The van der Waals surface area contributed by atoms with E-state index in [-0.39, 0.29) is 18.0 Å². The molecule has 3 N–H and O–H groups in total. The number of carboxylic acid groups (broad SMARTS) is 1. The Labute approximate surface area is 122 Å². The molecule has 0 spiro atoms. The van der Waals surface area contributed by atoms with E-state index in [1.54, 1.807) is 4.90 Å². The molecule has 2 rings (SSSR count). The number of carbonyl (C=O) groups excluding carboxylic acids is 1. The van der Waals surface area contributed by atoms with Gasteiger partial charge < -0.3 is 15.7 Å². The van der Waals surface area contributed by atoms with Crippen LogP contribution in [-0.2, 0) is 4.79 Å². The smallest absolute Gasteiger partial charge is 0.311 e. The summed E-state index contributed by atoms with van der Waals surface area (Å²) >= 11 is 0. The number of hydrogen-bond donors (Lipinski definition) is 2. The maximum Gasteiger partial charge on any atom is 0.311 e. The van der Waals surface area contributed by atoms with E-state index in [4.69, 9.17) is 5.73 Å². The first-order valence-electron chi connectivity index (χ1n) is 6.85. The lowest BCUT2D eigenvalue weighted by atomic mass is 9.76. The monoisotopic (exact) mass is 294 g/mol. The van der Waals surface area contributed by atoms with Gasteiger partial charge in [0, 0.05) is 18.7 Å². The SMILES string of the molecule is CC(C)C1(C(=O)O)CCN(c2ccc(C(N)=O)cc2F)C1. The van der Waals surface area contributed by atoms with E-state index in [1.807, 2.05) is 13.8 Å². The van der Waals surface area contributed by atoms with Gasteiger partial charge in [-0.2, -0.15) is 0 Å². The Balaban J connectivity index is 2.29. The van der Waals surface area contributed by atoms with Gasteiger partial charge in [-0.05, 0) is 30.5 Å². The molecule has 1 aliphatic rings. The van der Waals surface area contributed by atoms with Crippen LogP contribution in [0.1, 0.15) is 30.6 Å². The van der Waals surface area contributed by atoms with Crippen molar-refractivity contribution in [2.45, 2.75) is 20.3 Å². The first kappa shape index (κ1) is 15.3. The number of carbonyl (C=O) groups is 2. The minimum Gasteiger partial charge on any atom is -0.481 e. The zero-order valence-corrected chi connectivity index (χ0v) is 12.1. The average Bonchev–Trinajstić information content (AvgIpc) is 2.84. The van der Waals surface area contributed by atoms with Crippen LogP contribution in [0.2, 0.25) is 0 Å². The fourth-order valence-corrected chi connectivity index (χ4v) is 2.85. The second-order valence-corrected chi connectivity index (χ2v) is 5.82. The molecule has 1 unspecified atom stereocenters. The average molecular weight is 294 g/mol. The van der Waals surface area contributed by atoms with Crippen LogP contribution in [0.15, 0.2) is 18.2 Å². The predicted molar refractivity (Wildman–Crippen MR) is 76.7 cm³/mol. The van der Waals surface area contributed by atoms with Crippen molar-refractivity contribution < 1.29 is 19.1 Å². The molecule has 0 radical (unpaired) electrons. The van der Waals surface area contributed by atoms with Crippen molar-refractivity contribution in [3.05, 3.63) is 29.6 Å². The highest BCUT2D eigenvalue weighted by molar-refractivity contribution is 5.93. The summed E-state index contributed by atoms with van der Waals surface area (Å²) in [6, 6.07) is 4.03. The van der Waals surface area contributed by atoms with E-state index in [1.165, 1.54) is 12.1 Å². The topological polar surface area (TPSA) is 83.6 Å². The lowest BCUT2D eigenvalue weighted by Gasteiger charge is -2.29. The number of hydrogen-bond acceptors (Lipinski definition) is 3. The van der Waals surface area contributed by atoms with Crippen molar-refractivity contribution in [3.8, 4) is 0 Å². The van der Waals surface area contributed by atoms with Gasteiger partial charge in [0.1, 0.15) is 5.82 Å². The molecular weight excluding hydrogens is 275 g/mol. The number of halogens is 1. The van der Waals surface area contributed by atoms with Gasteiger partial charge in [-0.15, -0.1) is 0 Å². The Morgan fingerprint density at radius 3 is 2.52 bits per heavy atom. The molecule has 1 amide bonds. The number of nitrogens with two attached hydrogens (primary N) is 1. The fraction of sp³-hybridized carbons (Fsp3) is 0.467. The minimum atomic E-state index is -0.866. The molecule has 0 bridgehead atoms. The van der Waals surface area contributed by atoms with Crippen LogP contribution >= 0.6 is 0 Å². The number of amides is 1. The molecule has 1 aliphatic heterocycles. The molecule has 21 heavy (non-hydrogen) atoms. The molecule has 1 heterocycles. The van der Waals surface area contributed by atoms with Crippen molar-refractivity contribution in [3.63, 3.8) is 0 Å². The van der Waals surface area contributed by atoms with E-state index >= 15 is 0 Å². The molecule has 1 aromatic rings. The van der Waals surface area contributed by atoms with Gasteiger partial charge in [-0.1, -0.05) is 13.8 Å². The summed E-state index contributed by atoms with van der Waals surface area (Å²) in [4.78, 5) is 24.3. The Morgan fingerprint density at radius 2 is 2.10 bits per heavy atom. The number of carboxylic acids is 1. The summed E-state index contributed by atoms with van der Waals surface area (Å²) in [7, 11) is 0. The molecule has 6 heteroatoms. The van der Waals surface area contributed by atoms with E-state index in [0.717, 1.165) is 6.07 Å². The summed E-state index contributed by atoms with van der Waals surface area (Å²) in [5, 5.41) is 9.50. The zero-order valence-electron chi connectivity index (χ0n) is 12.1. The molecule has 0 saturated carbocycles. The Bertz CT molecular complexity index is 588. The van der Waals surface area contributed by atoms with E-state index in [2.05, 4.69) is 0 Å². The van der Waals surface area contributed by atoms with Crippen molar-refractivity contribution in [1.29, 1.82) is 0 Å². The number of benzene rings is 1. The summed E-state index contributed by atoms with van der Waals surface area (Å²) < 4.78 is 14.1. The van der Waals surface area contributed by atoms with E-state index in [9.17, 15) is 19.1 Å². The molecule has 0 aromatic heterocycles. The minimum absolute atomic E-state index is 0.0482. The molecular formula is C15H19FN2O3. The maximum atomic E-state index is 14.1. The van der Waals surface area contributed by atoms with Crippen molar-refractivity contribution >= 4 is 17.6 Å². The third kappa shape index (κ3) is 2.57. The highest BCUT2D eigenvalue weighted by Crippen LogP contribution is 2.40. The Hall–Kier alpha value is -2.11. The van der Waals surface area contributed by atoms with Crippen LogP contribution in [0.25, 0.3) is 0 Å².